The summed E-state index contributed by atoms with van der Waals surface area (Å²) in [5.41, 5.74) is 6.66. The normalized spacial score (nSPS) is 23.4. The first-order valence-corrected chi connectivity index (χ1v) is 6.45. The van der Waals surface area contributed by atoms with Crippen LogP contribution in [0.1, 0.15) is 19.3 Å². The molecule has 1 saturated carbocycles. The Kier molecular flexibility index (Phi) is 3.11. The molecule has 1 aliphatic rings. The average molecular weight is 243 g/mol. The van der Waals surface area contributed by atoms with Crippen molar-refractivity contribution >= 4 is 10.9 Å². The summed E-state index contributed by atoms with van der Waals surface area (Å²) >= 11 is 0. The monoisotopic (exact) mass is 243 g/mol. The molecule has 1 aromatic carbocycles. The number of fused-ring (bicyclic) bond motifs is 1. The minimum Gasteiger partial charge on any atom is -0.488 e. The van der Waals surface area contributed by atoms with Gasteiger partial charge in [0, 0.05) is 11.3 Å². The van der Waals surface area contributed by atoms with E-state index in [0.717, 1.165) is 29.5 Å². The summed E-state index contributed by atoms with van der Waals surface area (Å²) in [6.45, 7) is 0.696. The van der Waals surface area contributed by atoms with Gasteiger partial charge in [0.05, 0.1) is 11.7 Å². The van der Waals surface area contributed by atoms with Crippen molar-refractivity contribution in [2.24, 2.45) is 11.7 Å². The van der Waals surface area contributed by atoms with Crippen LogP contribution in [-0.4, -0.2) is 22.8 Å². The van der Waals surface area contributed by atoms with Gasteiger partial charge in [0.15, 0.2) is 0 Å². The SMILES string of the molecule is NCC1CCCC1Oc1cnnc2ccccc12. The summed E-state index contributed by atoms with van der Waals surface area (Å²) in [4.78, 5) is 0. The van der Waals surface area contributed by atoms with Gasteiger partial charge in [0.1, 0.15) is 11.9 Å². The highest BCUT2D eigenvalue weighted by molar-refractivity contribution is 5.83. The molecule has 18 heavy (non-hydrogen) atoms. The molecule has 2 aromatic rings. The lowest BCUT2D eigenvalue weighted by Crippen LogP contribution is -2.27. The van der Waals surface area contributed by atoms with E-state index in [4.69, 9.17) is 10.5 Å². The van der Waals surface area contributed by atoms with Crippen molar-refractivity contribution in [1.29, 1.82) is 0 Å². The van der Waals surface area contributed by atoms with Crippen LogP contribution in [-0.2, 0) is 0 Å². The Hall–Kier alpha value is -1.68. The number of rotatable bonds is 3. The van der Waals surface area contributed by atoms with E-state index in [-0.39, 0.29) is 6.10 Å². The van der Waals surface area contributed by atoms with Crippen LogP contribution in [0.25, 0.3) is 10.9 Å². The number of aromatic nitrogens is 2. The fourth-order valence-electron chi connectivity index (χ4n) is 2.67. The Morgan fingerprint density at radius 2 is 2.17 bits per heavy atom. The van der Waals surface area contributed by atoms with Crippen LogP contribution in [0, 0.1) is 5.92 Å². The average Bonchev–Trinajstić information content (AvgIpc) is 2.86. The third-order valence-electron chi connectivity index (χ3n) is 3.68. The fourth-order valence-corrected chi connectivity index (χ4v) is 2.67. The summed E-state index contributed by atoms with van der Waals surface area (Å²) in [7, 11) is 0. The van der Waals surface area contributed by atoms with Gasteiger partial charge in [-0.25, -0.2) is 0 Å². The van der Waals surface area contributed by atoms with Crippen LogP contribution in [0.4, 0.5) is 0 Å². The molecule has 0 spiro atoms. The van der Waals surface area contributed by atoms with Crippen LogP contribution < -0.4 is 10.5 Å². The number of benzene rings is 1. The van der Waals surface area contributed by atoms with Crippen LogP contribution in [0.15, 0.2) is 30.5 Å². The van der Waals surface area contributed by atoms with E-state index in [2.05, 4.69) is 10.2 Å². The largest absolute Gasteiger partial charge is 0.488 e. The zero-order valence-corrected chi connectivity index (χ0v) is 10.2. The van der Waals surface area contributed by atoms with Crippen LogP contribution in [0.5, 0.6) is 5.75 Å². The molecule has 2 atom stereocenters. The molecule has 0 amide bonds. The highest BCUT2D eigenvalue weighted by Crippen LogP contribution is 2.31. The summed E-state index contributed by atoms with van der Waals surface area (Å²) in [5, 5.41) is 9.12. The van der Waals surface area contributed by atoms with Crippen LogP contribution in [0.2, 0.25) is 0 Å². The summed E-state index contributed by atoms with van der Waals surface area (Å²) in [5.74, 6) is 1.29. The molecule has 2 unspecified atom stereocenters. The molecule has 2 N–H and O–H groups in total. The van der Waals surface area contributed by atoms with Gasteiger partial charge in [-0.3, -0.25) is 0 Å². The fraction of sp³-hybridized carbons (Fsp3) is 0.429. The highest BCUT2D eigenvalue weighted by Gasteiger charge is 2.28. The maximum Gasteiger partial charge on any atom is 0.149 e. The predicted octanol–water partition coefficient (Wildman–Crippen LogP) is 2.14. The van der Waals surface area contributed by atoms with Gasteiger partial charge in [0.25, 0.3) is 0 Å². The number of nitrogens with zero attached hydrogens (tertiary/aromatic N) is 2. The van der Waals surface area contributed by atoms with Gasteiger partial charge < -0.3 is 10.5 Å². The molecular weight excluding hydrogens is 226 g/mol. The van der Waals surface area contributed by atoms with Crippen LogP contribution >= 0.6 is 0 Å². The maximum atomic E-state index is 6.11. The van der Waals surface area contributed by atoms with Gasteiger partial charge in [0.2, 0.25) is 0 Å². The van der Waals surface area contributed by atoms with Crippen molar-refractivity contribution in [2.45, 2.75) is 25.4 Å². The summed E-state index contributed by atoms with van der Waals surface area (Å²) in [6.07, 6.45) is 5.37. The Balaban J connectivity index is 1.90. The van der Waals surface area contributed by atoms with E-state index in [0.29, 0.717) is 12.5 Å². The lowest BCUT2D eigenvalue weighted by atomic mass is 10.1. The van der Waals surface area contributed by atoms with Crippen molar-refractivity contribution in [3.8, 4) is 5.75 Å². The molecule has 1 fully saturated rings. The van der Waals surface area contributed by atoms with Crippen molar-refractivity contribution in [3.05, 3.63) is 30.5 Å². The van der Waals surface area contributed by atoms with Crippen molar-refractivity contribution in [2.75, 3.05) is 6.54 Å². The van der Waals surface area contributed by atoms with Gasteiger partial charge in [-0.15, -0.1) is 0 Å². The molecule has 4 nitrogen and oxygen atoms in total. The van der Waals surface area contributed by atoms with E-state index < -0.39 is 0 Å². The maximum absolute atomic E-state index is 6.11. The molecular formula is C14H17N3O. The van der Waals surface area contributed by atoms with Gasteiger partial charge in [-0.05, 0) is 37.9 Å². The predicted molar refractivity (Wildman–Crippen MR) is 70.3 cm³/mol. The Bertz CT molecular complexity index is 538. The standard InChI is InChI=1S/C14H17N3O/c15-8-10-4-3-7-13(10)18-14-9-16-17-12-6-2-1-5-11(12)14/h1-2,5-6,9-10,13H,3-4,7-8,15H2. The minimum atomic E-state index is 0.225. The van der Waals surface area contributed by atoms with Crippen LogP contribution in [0.3, 0.4) is 0 Å². The molecule has 1 heterocycles. The Morgan fingerprint density at radius 1 is 1.28 bits per heavy atom. The molecule has 0 radical (unpaired) electrons. The second-order valence-corrected chi connectivity index (χ2v) is 4.81. The van der Waals surface area contributed by atoms with E-state index >= 15 is 0 Å². The highest BCUT2D eigenvalue weighted by atomic mass is 16.5. The quantitative estimate of drug-likeness (QED) is 0.897. The molecule has 1 aromatic heterocycles. The summed E-state index contributed by atoms with van der Waals surface area (Å²) in [6, 6.07) is 7.92. The van der Waals surface area contributed by atoms with E-state index in [9.17, 15) is 0 Å². The zero-order valence-electron chi connectivity index (χ0n) is 10.2. The number of nitrogens with two attached hydrogens (primary N) is 1. The van der Waals surface area contributed by atoms with E-state index in [1.807, 2.05) is 24.3 Å². The van der Waals surface area contributed by atoms with Crippen molar-refractivity contribution in [1.82, 2.24) is 10.2 Å². The van der Waals surface area contributed by atoms with Gasteiger partial charge in [-0.1, -0.05) is 12.1 Å². The number of ether oxygens (including phenoxy) is 1. The molecule has 0 bridgehead atoms. The van der Waals surface area contributed by atoms with Gasteiger partial charge in [-0.2, -0.15) is 10.2 Å². The molecule has 0 aliphatic heterocycles. The first kappa shape index (κ1) is 11.4. The second kappa shape index (κ2) is 4.90. The molecule has 1 aliphatic carbocycles. The first-order chi connectivity index (χ1) is 8.88. The second-order valence-electron chi connectivity index (χ2n) is 4.81. The number of hydrogen-bond donors (Lipinski definition) is 1. The van der Waals surface area contributed by atoms with E-state index in [1.165, 1.54) is 6.42 Å². The first-order valence-electron chi connectivity index (χ1n) is 6.45. The third-order valence-corrected chi connectivity index (χ3v) is 3.68. The lowest BCUT2D eigenvalue weighted by molar-refractivity contribution is 0.164. The smallest absolute Gasteiger partial charge is 0.149 e. The zero-order chi connectivity index (χ0) is 12.4. The Morgan fingerprint density at radius 3 is 3.06 bits per heavy atom. The molecule has 3 rings (SSSR count). The Labute approximate surface area is 106 Å². The van der Waals surface area contributed by atoms with Crippen molar-refractivity contribution in [3.63, 3.8) is 0 Å². The third kappa shape index (κ3) is 2.04. The topological polar surface area (TPSA) is 61.0 Å². The lowest BCUT2D eigenvalue weighted by Gasteiger charge is -2.20. The molecule has 4 heteroatoms. The summed E-state index contributed by atoms with van der Waals surface area (Å²) < 4.78 is 6.11. The molecule has 0 saturated heterocycles. The minimum absolute atomic E-state index is 0.225. The van der Waals surface area contributed by atoms with Gasteiger partial charge >= 0.3 is 0 Å². The number of hydrogen-bond acceptors (Lipinski definition) is 4. The van der Waals surface area contributed by atoms with Crippen molar-refractivity contribution < 1.29 is 4.74 Å². The van der Waals surface area contributed by atoms with E-state index in [1.54, 1.807) is 6.20 Å². The molecule has 94 valence electrons.